The Bertz CT molecular complexity index is 1130. The third kappa shape index (κ3) is 3.60. The van der Waals surface area contributed by atoms with E-state index in [1.54, 1.807) is 0 Å². The lowest BCUT2D eigenvalue weighted by Gasteiger charge is -2.38. The second kappa shape index (κ2) is 7.88. The summed E-state index contributed by atoms with van der Waals surface area (Å²) in [5, 5.41) is 1.67. The molecule has 0 atom stereocenters. The summed E-state index contributed by atoms with van der Waals surface area (Å²) in [6.45, 7) is 3.92. The molecule has 1 amide bonds. The fraction of sp³-hybridized carbons (Fsp3) is 0.400. The van der Waals surface area contributed by atoms with Gasteiger partial charge < -0.3 is 19.1 Å². The number of likely N-dealkylation sites (tertiary alicyclic amines) is 1. The molecule has 5 rings (SSSR count). The Morgan fingerprint density at radius 1 is 1.16 bits per heavy atom. The molecule has 0 N–H and O–H groups in total. The summed E-state index contributed by atoms with van der Waals surface area (Å²) < 4.78 is 8.12. The number of para-hydroxylation sites is 1. The van der Waals surface area contributed by atoms with Gasteiger partial charge >= 0.3 is 0 Å². The molecule has 0 radical (unpaired) electrons. The van der Waals surface area contributed by atoms with Crippen molar-refractivity contribution in [2.24, 2.45) is 0 Å². The second-order valence-corrected chi connectivity index (χ2v) is 9.49. The monoisotopic (exact) mass is 437 g/mol. The maximum atomic E-state index is 13.5. The minimum atomic E-state index is 0.0423. The van der Waals surface area contributed by atoms with Gasteiger partial charge in [0.1, 0.15) is 5.75 Å². The predicted octanol–water partition coefficient (Wildman–Crippen LogP) is 4.42. The summed E-state index contributed by atoms with van der Waals surface area (Å²) in [5.74, 6) is 1.11. The van der Waals surface area contributed by atoms with Crippen molar-refractivity contribution in [3.63, 3.8) is 0 Å². The zero-order valence-electron chi connectivity index (χ0n) is 18.1. The number of halogens is 1. The summed E-state index contributed by atoms with van der Waals surface area (Å²) in [7, 11) is 4.11. The minimum absolute atomic E-state index is 0.0423. The van der Waals surface area contributed by atoms with Gasteiger partial charge in [0.15, 0.2) is 0 Å². The molecule has 2 aliphatic heterocycles. The number of piperidine rings is 1. The van der Waals surface area contributed by atoms with Gasteiger partial charge in [-0.3, -0.25) is 4.79 Å². The number of carbonyl (C=O) groups is 1. The number of likely N-dealkylation sites (N-methyl/N-ethyl adjacent to an activating group) is 1. The van der Waals surface area contributed by atoms with Crippen LogP contribution < -0.4 is 4.74 Å². The highest BCUT2D eigenvalue weighted by atomic mass is 35.5. The highest BCUT2D eigenvalue weighted by Crippen LogP contribution is 2.45. The van der Waals surface area contributed by atoms with Crippen molar-refractivity contribution in [1.29, 1.82) is 0 Å². The lowest BCUT2D eigenvalue weighted by Crippen LogP contribution is -2.46. The number of benzene rings is 2. The predicted molar refractivity (Wildman–Crippen MR) is 124 cm³/mol. The highest BCUT2D eigenvalue weighted by molar-refractivity contribution is 6.31. The van der Waals surface area contributed by atoms with Gasteiger partial charge in [-0.1, -0.05) is 35.9 Å². The van der Waals surface area contributed by atoms with Crippen molar-refractivity contribution in [2.45, 2.75) is 24.8 Å². The number of carbonyl (C=O) groups excluding carboxylic acids is 1. The van der Waals surface area contributed by atoms with E-state index in [2.05, 4.69) is 41.8 Å². The minimum Gasteiger partial charge on any atom is -0.492 e. The van der Waals surface area contributed by atoms with Gasteiger partial charge in [-0.05, 0) is 45.1 Å². The molecular weight excluding hydrogens is 410 g/mol. The van der Waals surface area contributed by atoms with Gasteiger partial charge in [0.05, 0.1) is 17.7 Å². The van der Waals surface area contributed by atoms with E-state index in [9.17, 15) is 4.79 Å². The van der Waals surface area contributed by atoms with Crippen molar-refractivity contribution in [3.8, 4) is 5.75 Å². The van der Waals surface area contributed by atoms with E-state index < -0.39 is 0 Å². The van der Waals surface area contributed by atoms with Crippen molar-refractivity contribution >= 4 is 28.4 Å². The van der Waals surface area contributed by atoms with E-state index in [1.165, 1.54) is 5.56 Å². The number of nitrogens with zero attached hydrogens (tertiary/aromatic N) is 3. The molecular formula is C25H28ClN3O2. The van der Waals surface area contributed by atoms with Gasteiger partial charge in [-0.2, -0.15) is 0 Å². The van der Waals surface area contributed by atoms with Crippen molar-refractivity contribution in [2.75, 3.05) is 40.3 Å². The van der Waals surface area contributed by atoms with Crippen LogP contribution in [0, 0.1) is 0 Å². The maximum absolute atomic E-state index is 13.5. The Balaban J connectivity index is 1.39. The number of ether oxygens (including phenoxy) is 1. The topological polar surface area (TPSA) is 37.7 Å². The smallest absolute Gasteiger partial charge is 0.256 e. The molecule has 0 saturated carbocycles. The van der Waals surface area contributed by atoms with Crippen LogP contribution in [0.15, 0.2) is 48.7 Å². The molecule has 3 aromatic rings. The van der Waals surface area contributed by atoms with Crippen LogP contribution in [0.4, 0.5) is 0 Å². The van der Waals surface area contributed by atoms with E-state index >= 15 is 0 Å². The van der Waals surface area contributed by atoms with Gasteiger partial charge in [0.25, 0.3) is 5.91 Å². The largest absolute Gasteiger partial charge is 0.492 e. The highest BCUT2D eigenvalue weighted by Gasteiger charge is 2.43. The molecule has 0 unspecified atom stereocenters. The Morgan fingerprint density at radius 3 is 2.71 bits per heavy atom. The molecule has 0 bridgehead atoms. The SMILES string of the molecule is CN(C)CCn1cc(C(=O)N2CCC3(CC2)COc2ccccc23)c2ccc(Cl)cc21. The molecule has 2 aromatic carbocycles. The molecule has 5 nitrogen and oxygen atoms in total. The lowest BCUT2D eigenvalue weighted by atomic mass is 9.74. The summed E-state index contributed by atoms with van der Waals surface area (Å²) in [5.41, 5.74) is 3.13. The zero-order chi connectivity index (χ0) is 21.6. The number of aromatic nitrogens is 1. The van der Waals surface area contributed by atoms with Crippen LogP contribution in [0.1, 0.15) is 28.8 Å². The third-order valence-corrected chi connectivity index (χ3v) is 7.07. The van der Waals surface area contributed by atoms with Crippen LogP contribution in [-0.2, 0) is 12.0 Å². The van der Waals surface area contributed by atoms with Crippen molar-refractivity contribution in [1.82, 2.24) is 14.4 Å². The molecule has 1 saturated heterocycles. The first-order chi connectivity index (χ1) is 15.0. The van der Waals surface area contributed by atoms with Crippen LogP contribution >= 0.6 is 11.6 Å². The van der Waals surface area contributed by atoms with E-state index in [0.717, 1.165) is 67.8 Å². The Labute approximate surface area is 188 Å². The first kappa shape index (κ1) is 20.4. The Kier molecular flexibility index (Phi) is 5.19. The molecule has 3 heterocycles. The van der Waals surface area contributed by atoms with Crippen LogP contribution in [-0.4, -0.2) is 60.6 Å². The second-order valence-electron chi connectivity index (χ2n) is 9.06. The summed E-state index contributed by atoms with van der Waals surface area (Å²) >= 11 is 6.27. The van der Waals surface area contributed by atoms with E-state index in [-0.39, 0.29) is 11.3 Å². The number of fused-ring (bicyclic) bond motifs is 3. The zero-order valence-corrected chi connectivity index (χ0v) is 18.9. The van der Waals surface area contributed by atoms with E-state index in [4.69, 9.17) is 16.3 Å². The fourth-order valence-electron chi connectivity index (χ4n) is 4.97. The molecule has 1 spiro atoms. The van der Waals surface area contributed by atoms with Crippen molar-refractivity contribution in [3.05, 3.63) is 64.8 Å². The Hall–Kier alpha value is -2.50. The molecule has 31 heavy (non-hydrogen) atoms. The van der Waals surface area contributed by atoms with Crippen LogP contribution in [0.3, 0.4) is 0 Å². The van der Waals surface area contributed by atoms with Gasteiger partial charge in [0, 0.05) is 53.8 Å². The lowest BCUT2D eigenvalue weighted by molar-refractivity contribution is 0.0648. The van der Waals surface area contributed by atoms with Gasteiger partial charge in [-0.15, -0.1) is 0 Å². The third-order valence-electron chi connectivity index (χ3n) is 6.83. The number of rotatable bonds is 4. The average Bonchev–Trinajstić information content (AvgIpc) is 3.31. The molecule has 1 fully saturated rings. The molecule has 0 aliphatic carbocycles. The van der Waals surface area contributed by atoms with Crippen LogP contribution in [0.25, 0.3) is 10.9 Å². The average molecular weight is 438 g/mol. The van der Waals surface area contributed by atoms with E-state index in [0.29, 0.717) is 5.02 Å². The number of hydrogen-bond acceptors (Lipinski definition) is 3. The van der Waals surface area contributed by atoms with E-state index in [1.807, 2.05) is 35.4 Å². The summed E-state index contributed by atoms with van der Waals surface area (Å²) in [6, 6.07) is 14.1. The normalized spacial score (nSPS) is 17.4. The molecule has 2 aliphatic rings. The van der Waals surface area contributed by atoms with Gasteiger partial charge in [-0.25, -0.2) is 0 Å². The fourth-order valence-corrected chi connectivity index (χ4v) is 5.14. The van der Waals surface area contributed by atoms with Gasteiger partial charge in [0.2, 0.25) is 0 Å². The molecule has 6 heteroatoms. The standard InChI is InChI=1S/C25H28ClN3O2/c1-27(2)13-14-29-16-20(19-8-7-18(26)15-22(19)29)24(30)28-11-9-25(10-12-28)17-31-23-6-4-3-5-21(23)25/h3-8,15-16H,9-14,17H2,1-2H3. The van der Waals surface area contributed by atoms with Crippen LogP contribution in [0.2, 0.25) is 5.02 Å². The Morgan fingerprint density at radius 2 is 1.94 bits per heavy atom. The number of hydrogen-bond donors (Lipinski definition) is 0. The quantitative estimate of drug-likeness (QED) is 0.606. The summed E-state index contributed by atoms with van der Waals surface area (Å²) in [4.78, 5) is 17.7. The molecule has 162 valence electrons. The first-order valence-electron chi connectivity index (χ1n) is 10.9. The summed E-state index contributed by atoms with van der Waals surface area (Å²) in [6.07, 6.45) is 3.87. The van der Waals surface area contributed by atoms with Crippen LogP contribution in [0.5, 0.6) is 5.75 Å². The maximum Gasteiger partial charge on any atom is 0.256 e. The molecule has 1 aromatic heterocycles. The van der Waals surface area contributed by atoms with Crippen molar-refractivity contribution < 1.29 is 9.53 Å². The number of amides is 1. The first-order valence-corrected chi connectivity index (χ1v) is 11.3.